The molecule has 0 unspecified atom stereocenters. The highest BCUT2D eigenvalue weighted by atomic mass is 35.5. The molecule has 1 heterocycles. The summed E-state index contributed by atoms with van der Waals surface area (Å²) in [6.45, 7) is 0. The standard InChI is InChI=1S/C16H11ClN4O4S/c17-11-6-2-1-5-10(11)15-19-20-16(25-15)26-9-14(22)18-12-7-3-4-8-13(12)21(23)24/h1-8H,9H2,(H,18,22). The number of benzene rings is 2. The Balaban J connectivity index is 1.63. The number of amides is 1. The van der Waals surface area contributed by atoms with E-state index in [1.165, 1.54) is 18.2 Å². The number of nitrogens with zero attached hydrogens (tertiary/aromatic N) is 3. The molecular formula is C16H11ClN4O4S. The largest absolute Gasteiger partial charge is 0.411 e. The number of thioether (sulfide) groups is 1. The molecule has 3 aromatic rings. The Morgan fingerprint density at radius 1 is 1.19 bits per heavy atom. The highest BCUT2D eigenvalue weighted by molar-refractivity contribution is 7.99. The molecule has 0 aliphatic heterocycles. The number of hydrogen-bond donors (Lipinski definition) is 1. The lowest BCUT2D eigenvalue weighted by molar-refractivity contribution is -0.383. The van der Waals surface area contributed by atoms with Crippen molar-refractivity contribution in [2.24, 2.45) is 0 Å². The van der Waals surface area contributed by atoms with E-state index in [1.54, 1.807) is 30.3 Å². The van der Waals surface area contributed by atoms with Crippen molar-refractivity contribution < 1.29 is 14.1 Å². The number of aromatic nitrogens is 2. The smallest absolute Gasteiger partial charge is 0.292 e. The van der Waals surface area contributed by atoms with Gasteiger partial charge in [0.15, 0.2) is 0 Å². The van der Waals surface area contributed by atoms with Gasteiger partial charge in [-0.15, -0.1) is 10.2 Å². The van der Waals surface area contributed by atoms with Crippen LogP contribution in [0.3, 0.4) is 0 Å². The van der Waals surface area contributed by atoms with Crippen LogP contribution in [0.4, 0.5) is 11.4 Å². The lowest BCUT2D eigenvalue weighted by atomic mass is 10.2. The molecule has 0 bridgehead atoms. The Kier molecular flexibility index (Phi) is 5.49. The number of nitro groups is 1. The fraction of sp³-hybridized carbons (Fsp3) is 0.0625. The second-order valence-corrected chi connectivity index (χ2v) is 6.30. The molecule has 0 fully saturated rings. The van der Waals surface area contributed by atoms with Gasteiger partial charge in [0, 0.05) is 6.07 Å². The van der Waals surface area contributed by atoms with Crippen molar-refractivity contribution in [3.8, 4) is 11.5 Å². The van der Waals surface area contributed by atoms with E-state index in [2.05, 4.69) is 15.5 Å². The third-order valence-electron chi connectivity index (χ3n) is 3.21. The third-order valence-corrected chi connectivity index (χ3v) is 4.36. The topological polar surface area (TPSA) is 111 Å². The average molecular weight is 391 g/mol. The first-order chi connectivity index (χ1) is 12.5. The molecule has 0 aliphatic rings. The second-order valence-electron chi connectivity index (χ2n) is 4.96. The van der Waals surface area contributed by atoms with Gasteiger partial charge in [-0.05, 0) is 18.2 Å². The number of carbonyl (C=O) groups excluding carboxylic acids is 1. The second kappa shape index (κ2) is 7.98. The van der Waals surface area contributed by atoms with Crippen LogP contribution in [0.5, 0.6) is 0 Å². The van der Waals surface area contributed by atoms with E-state index in [4.69, 9.17) is 16.0 Å². The van der Waals surface area contributed by atoms with Gasteiger partial charge in [-0.3, -0.25) is 14.9 Å². The molecule has 1 aromatic heterocycles. The SMILES string of the molecule is O=C(CSc1nnc(-c2ccccc2Cl)o1)Nc1ccccc1[N+](=O)[O-]. The number of halogens is 1. The Morgan fingerprint density at radius 2 is 1.92 bits per heavy atom. The molecule has 1 amide bonds. The van der Waals surface area contributed by atoms with Gasteiger partial charge in [-0.1, -0.05) is 47.6 Å². The fourth-order valence-electron chi connectivity index (χ4n) is 2.06. The lowest BCUT2D eigenvalue weighted by Gasteiger charge is -2.04. The molecule has 0 radical (unpaired) electrons. The molecule has 0 aliphatic carbocycles. The third kappa shape index (κ3) is 4.19. The van der Waals surface area contributed by atoms with Crippen molar-refractivity contribution in [1.29, 1.82) is 0 Å². The Morgan fingerprint density at radius 3 is 2.69 bits per heavy atom. The number of nitro benzene ring substituents is 1. The van der Waals surface area contributed by atoms with Crippen LogP contribution in [-0.2, 0) is 4.79 Å². The van der Waals surface area contributed by atoms with Gasteiger partial charge >= 0.3 is 0 Å². The average Bonchev–Trinajstić information content (AvgIpc) is 3.09. The van der Waals surface area contributed by atoms with Gasteiger partial charge in [0.1, 0.15) is 5.69 Å². The van der Waals surface area contributed by atoms with Gasteiger partial charge < -0.3 is 9.73 Å². The van der Waals surface area contributed by atoms with E-state index in [-0.39, 0.29) is 28.2 Å². The molecule has 8 nitrogen and oxygen atoms in total. The predicted octanol–water partition coefficient (Wildman–Crippen LogP) is 4.03. The van der Waals surface area contributed by atoms with Crippen LogP contribution in [0, 0.1) is 10.1 Å². The Bertz CT molecular complexity index is 963. The van der Waals surface area contributed by atoms with Crippen LogP contribution in [0.25, 0.3) is 11.5 Å². The summed E-state index contributed by atoms with van der Waals surface area (Å²) in [4.78, 5) is 22.4. The Hall–Kier alpha value is -2.91. The van der Waals surface area contributed by atoms with Gasteiger partial charge in [0.25, 0.3) is 10.9 Å². The highest BCUT2D eigenvalue weighted by Crippen LogP contribution is 2.29. The van der Waals surface area contributed by atoms with E-state index >= 15 is 0 Å². The van der Waals surface area contributed by atoms with Crippen LogP contribution in [-0.4, -0.2) is 26.8 Å². The molecular weight excluding hydrogens is 380 g/mol. The highest BCUT2D eigenvalue weighted by Gasteiger charge is 2.16. The monoisotopic (exact) mass is 390 g/mol. The minimum atomic E-state index is -0.559. The van der Waals surface area contributed by atoms with Gasteiger partial charge in [-0.2, -0.15) is 0 Å². The summed E-state index contributed by atoms with van der Waals surface area (Å²) in [5.74, 6) is -0.227. The molecule has 0 saturated carbocycles. The zero-order chi connectivity index (χ0) is 18.5. The van der Waals surface area contributed by atoms with E-state index in [1.807, 2.05) is 0 Å². The maximum atomic E-state index is 12.0. The summed E-state index contributed by atoms with van der Waals surface area (Å²) in [5.41, 5.74) is 0.549. The number of carbonyl (C=O) groups is 1. The van der Waals surface area contributed by atoms with E-state index in [9.17, 15) is 14.9 Å². The molecule has 2 aromatic carbocycles. The molecule has 3 rings (SSSR count). The molecule has 132 valence electrons. The minimum absolute atomic E-state index is 0.0454. The first-order valence-corrected chi connectivity index (χ1v) is 8.65. The minimum Gasteiger partial charge on any atom is -0.411 e. The van der Waals surface area contributed by atoms with Crippen LogP contribution >= 0.6 is 23.4 Å². The van der Waals surface area contributed by atoms with Gasteiger partial charge in [0.05, 0.1) is 21.3 Å². The zero-order valence-corrected chi connectivity index (χ0v) is 14.7. The van der Waals surface area contributed by atoms with Crippen LogP contribution < -0.4 is 5.32 Å². The fourth-order valence-corrected chi connectivity index (χ4v) is 2.84. The van der Waals surface area contributed by atoms with Gasteiger partial charge in [-0.25, -0.2) is 0 Å². The van der Waals surface area contributed by atoms with Crippen molar-refractivity contribution in [3.63, 3.8) is 0 Å². The van der Waals surface area contributed by atoms with Crippen molar-refractivity contribution in [1.82, 2.24) is 10.2 Å². The predicted molar refractivity (Wildman–Crippen MR) is 97.2 cm³/mol. The summed E-state index contributed by atoms with van der Waals surface area (Å²) in [6.07, 6.45) is 0. The molecule has 0 saturated heterocycles. The van der Waals surface area contributed by atoms with Gasteiger partial charge in [0.2, 0.25) is 11.8 Å². The summed E-state index contributed by atoms with van der Waals surface area (Å²) < 4.78 is 5.48. The van der Waals surface area contributed by atoms with Crippen molar-refractivity contribution in [3.05, 3.63) is 63.7 Å². The number of hydrogen-bond acceptors (Lipinski definition) is 7. The maximum absolute atomic E-state index is 12.0. The summed E-state index contributed by atoms with van der Waals surface area (Å²) in [7, 11) is 0. The first-order valence-electron chi connectivity index (χ1n) is 7.29. The number of nitrogens with one attached hydrogen (secondary N) is 1. The lowest BCUT2D eigenvalue weighted by Crippen LogP contribution is -2.15. The summed E-state index contributed by atoms with van der Waals surface area (Å²) in [5, 5.41) is 21.9. The molecule has 0 spiro atoms. The van der Waals surface area contributed by atoms with Crippen molar-refractivity contribution in [2.75, 3.05) is 11.1 Å². The van der Waals surface area contributed by atoms with Crippen LogP contribution in [0.15, 0.2) is 58.2 Å². The van der Waals surface area contributed by atoms with E-state index in [0.29, 0.717) is 10.6 Å². The summed E-state index contributed by atoms with van der Waals surface area (Å²) >= 11 is 7.09. The quantitative estimate of drug-likeness (QED) is 0.384. The van der Waals surface area contributed by atoms with Crippen LogP contribution in [0.2, 0.25) is 5.02 Å². The van der Waals surface area contributed by atoms with E-state index in [0.717, 1.165) is 11.8 Å². The number of rotatable bonds is 6. The van der Waals surface area contributed by atoms with Crippen LogP contribution in [0.1, 0.15) is 0 Å². The molecule has 0 atom stereocenters. The normalized spacial score (nSPS) is 10.5. The first kappa shape index (κ1) is 17.9. The maximum Gasteiger partial charge on any atom is 0.292 e. The van der Waals surface area contributed by atoms with Crippen molar-refractivity contribution in [2.45, 2.75) is 5.22 Å². The Labute approximate surface area is 156 Å². The number of anilines is 1. The zero-order valence-electron chi connectivity index (χ0n) is 13.1. The van der Waals surface area contributed by atoms with E-state index < -0.39 is 10.8 Å². The molecule has 26 heavy (non-hydrogen) atoms. The molecule has 10 heteroatoms. The summed E-state index contributed by atoms with van der Waals surface area (Å²) in [6, 6.07) is 12.9. The molecule has 1 N–H and O–H groups in total. The van der Waals surface area contributed by atoms with Crippen molar-refractivity contribution >= 4 is 40.6 Å². The number of para-hydroxylation sites is 2.